The quantitative estimate of drug-likeness (QED) is 0.406. The minimum absolute atomic E-state index is 0.223. The van der Waals surface area contributed by atoms with Crippen LogP contribution in [-0.2, 0) is 23.9 Å². The fraction of sp³-hybridized carbons (Fsp3) is 0.864. The van der Waals surface area contributed by atoms with E-state index in [9.17, 15) is 19.5 Å². The van der Waals surface area contributed by atoms with Gasteiger partial charge in [-0.15, -0.1) is 0 Å². The summed E-state index contributed by atoms with van der Waals surface area (Å²) in [6.07, 6.45) is 4.63. The number of nitrogens with zero attached hydrogens (tertiary/aromatic N) is 1. The van der Waals surface area contributed by atoms with Gasteiger partial charge in [0, 0.05) is 6.54 Å². The Morgan fingerprint density at radius 1 is 1.30 bits per heavy atom. The van der Waals surface area contributed by atoms with E-state index in [1.165, 1.54) is 4.90 Å². The molecule has 1 spiro atoms. The number of esters is 1. The van der Waals surface area contributed by atoms with Crippen molar-refractivity contribution in [3.8, 4) is 0 Å². The highest BCUT2D eigenvalue weighted by Gasteiger charge is 2.79. The topological polar surface area (TPSA) is 105 Å². The van der Waals surface area contributed by atoms with Gasteiger partial charge in [0.25, 0.3) is 0 Å². The summed E-state index contributed by atoms with van der Waals surface area (Å²) in [4.78, 5) is 41.3. The van der Waals surface area contributed by atoms with E-state index in [2.05, 4.69) is 12.2 Å². The third-order valence-electron chi connectivity index (χ3n) is 7.23. The van der Waals surface area contributed by atoms with Crippen LogP contribution in [0.15, 0.2) is 0 Å². The summed E-state index contributed by atoms with van der Waals surface area (Å²) in [7, 11) is 0. The van der Waals surface area contributed by atoms with Crippen molar-refractivity contribution in [3.63, 3.8) is 0 Å². The predicted octanol–water partition coefficient (Wildman–Crippen LogP) is 1.39. The first-order valence-corrected chi connectivity index (χ1v) is 11.4. The van der Waals surface area contributed by atoms with Crippen molar-refractivity contribution < 1.29 is 29.0 Å². The van der Waals surface area contributed by atoms with Crippen molar-refractivity contribution in [2.75, 3.05) is 19.8 Å². The van der Waals surface area contributed by atoms with Gasteiger partial charge in [0.15, 0.2) is 0 Å². The zero-order chi connectivity index (χ0) is 22.1. The fourth-order valence-corrected chi connectivity index (χ4v) is 5.79. The molecule has 8 heteroatoms. The van der Waals surface area contributed by atoms with E-state index in [1.807, 2.05) is 6.92 Å². The lowest BCUT2D eigenvalue weighted by Crippen LogP contribution is -2.57. The van der Waals surface area contributed by atoms with Gasteiger partial charge < -0.3 is 24.8 Å². The van der Waals surface area contributed by atoms with E-state index in [-0.39, 0.29) is 25.0 Å². The van der Waals surface area contributed by atoms with Crippen molar-refractivity contribution in [2.45, 2.75) is 89.5 Å². The van der Waals surface area contributed by atoms with Crippen LogP contribution in [0.3, 0.4) is 0 Å². The molecule has 2 amide bonds. The summed E-state index contributed by atoms with van der Waals surface area (Å²) >= 11 is 0. The second kappa shape index (κ2) is 8.83. The van der Waals surface area contributed by atoms with Crippen LogP contribution in [0.4, 0.5) is 0 Å². The molecule has 3 fully saturated rings. The molecule has 3 saturated heterocycles. The van der Waals surface area contributed by atoms with Gasteiger partial charge in [-0.3, -0.25) is 14.4 Å². The number of aliphatic hydroxyl groups excluding tert-OH is 1. The highest BCUT2D eigenvalue weighted by atomic mass is 16.6. The molecule has 3 heterocycles. The molecule has 2 unspecified atom stereocenters. The molecular formula is C22H36N2O6. The first-order valence-electron chi connectivity index (χ1n) is 11.4. The number of amides is 2. The zero-order valence-electron chi connectivity index (χ0n) is 18.6. The van der Waals surface area contributed by atoms with Crippen molar-refractivity contribution in [1.29, 1.82) is 0 Å². The third kappa shape index (κ3) is 3.32. The Kier molecular flexibility index (Phi) is 6.77. The van der Waals surface area contributed by atoms with Crippen LogP contribution >= 0.6 is 0 Å². The number of ether oxygens (including phenoxy) is 2. The number of likely N-dealkylation sites (tertiary alicyclic amines) is 1. The number of hydrogen-bond acceptors (Lipinski definition) is 6. The number of carbonyl (C=O) groups excluding carboxylic acids is 3. The highest BCUT2D eigenvalue weighted by molar-refractivity contribution is 5.98. The smallest absolute Gasteiger partial charge is 0.312 e. The van der Waals surface area contributed by atoms with Crippen LogP contribution in [0.1, 0.15) is 66.2 Å². The SMILES string of the molecule is CCCCCNC(=O)C1N([C@H](C)CO)C(=O)[C@@H]2[C@H](C(=O)OCC)[C@]3(CC)CCC12O3. The van der Waals surface area contributed by atoms with E-state index in [4.69, 9.17) is 9.47 Å². The van der Waals surface area contributed by atoms with Crippen LogP contribution in [0.5, 0.6) is 0 Å². The predicted molar refractivity (Wildman–Crippen MR) is 109 cm³/mol. The van der Waals surface area contributed by atoms with Gasteiger partial charge in [0.2, 0.25) is 11.8 Å². The summed E-state index contributed by atoms with van der Waals surface area (Å²) < 4.78 is 11.9. The van der Waals surface area contributed by atoms with Gasteiger partial charge in [0.05, 0.1) is 30.8 Å². The average Bonchev–Trinajstić information content (AvgIpc) is 3.34. The van der Waals surface area contributed by atoms with Crippen LogP contribution in [-0.4, -0.2) is 70.8 Å². The zero-order valence-corrected chi connectivity index (χ0v) is 18.6. The molecule has 0 aliphatic carbocycles. The van der Waals surface area contributed by atoms with Crippen molar-refractivity contribution in [3.05, 3.63) is 0 Å². The summed E-state index contributed by atoms with van der Waals surface area (Å²) in [5.74, 6) is -2.47. The van der Waals surface area contributed by atoms with Crippen LogP contribution in [0, 0.1) is 11.8 Å². The first-order chi connectivity index (χ1) is 14.3. The molecule has 30 heavy (non-hydrogen) atoms. The van der Waals surface area contributed by atoms with Gasteiger partial charge in [-0.25, -0.2) is 0 Å². The fourth-order valence-electron chi connectivity index (χ4n) is 5.79. The van der Waals surface area contributed by atoms with Crippen molar-refractivity contribution in [1.82, 2.24) is 10.2 Å². The molecule has 2 bridgehead atoms. The lowest BCUT2D eigenvalue weighted by molar-refractivity contribution is -0.161. The summed E-state index contributed by atoms with van der Waals surface area (Å²) in [5, 5.41) is 12.8. The lowest BCUT2D eigenvalue weighted by atomic mass is 9.65. The minimum Gasteiger partial charge on any atom is -0.466 e. The number of hydrogen-bond donors (Lipinski definition) is 2. The van der Waals surface area contributed by atoms with Gasteiger partial charge in [-0.2, -0.15) is 0 Å². The van der Waals surface area contributed by atoms with Crippen LogP contribution in [0.25, 0.3) is 0 Å². The Labute approximate surface area is 178 Å². The molecule has 0 aromatic heterocycles. The Morgan fingerprint density at radius 2 is 2.03 bits per heavy atom. The molecule has 2 N–H and O–H groups in total. The molecule has 6 atom stereocenters. The van der Waals surface area contributed by atoms with E-state index >= 15 is 0 Å². The van der Waals surface area contributed by atoms with Crippen LogP contribution < -0.4 is 5.32 Å². The van der Waals surface area contributed by atoms with Gasteiger partial charge >= 0.3 is 5.97 Å². The number of nitrogens with one attached hydrogen (secondary N) is 1. The molecule has 0 aromatic carbocycles. The van der Waals surface area contributed by atoms with Crippen molar-refractivity contribution >= 4 is 17.8 Å². The monoisotopic (exact) mass is 424 g/mol. The van der Waals surface area contributed by atoms with E-state index in [0.717, 1.165) is 19.3 Å². The molecule has 3 aliphatic rings. The largest absolute Gasteiger partial charge is 0.466 e. The van der Waals surface area contributed by atoms with Gasteiger partial charge in [0.1, 0.15) is 17.6 Å². The van der Waals surface area contributed by atoms with E-state index in [1.54, 1.807) is 13.8 Å². The van der Waals surface area contributed by atoms with E-state index in [0.29, 0.717) is 25.8 Å². The van der Waals surface area contributed by atoms with Crippen molar-refractivity contribution in [2.24, 2.45) is 11.8 Å². The molecule has 0 aromatic rings. The molecule has 0 saturated carbocycles. The second-order valence-electron chi connectivity index (χ2n) is 8.86. The maximum atomic E-state index is 13.6. The minimum atomic E-state index is -1.05. The van der Waals surface area contributed by atoms with Crippen LogP contribution in [0.2, 0.25) is 0 Å². The Bertz CT molecular complexity index is 685. The first kappa shape index (κ1) is 23.0. The second-order valence-corrected chi connectivity index (χ2v) is 8.86. The average molecular weight is 425 g/mol. The number of unbranched alkanes of at least 4 members (excludes halogenated alkanes) is 2. The molecule has 0 radical (unpaired) electrons. The molecule has 8 nitrogen and oxygen atoms in total. The maximum Gasteiger partial charge on any atom is 0.312 e. The Morgan fingerprint density at radius 3 is 2.63 bits per heavy atom. The molecular weight excluding hydrogens is 388 g/mol. The maximum absolute atomic E-state index is 13.6. The normalized spacial score (nSPS) is 35.4. The van der Waals surface area contributed by atoms with Gasteiger partial charge in [-0.1, -0.05) is 26.7 Å². The molecule has 3 rings (SSSR count). The summed E-state index contributed by atoms with van der Waals surface area (Å²) in [5.41, 5.74) is -1.83. The summed E-state index contributed by atoms with van der Waals surface area (Å²) in [6.45, 7) is 7.98. The molecule has 170 valence electrons. The summed E-state index contributed by atoms with van der Waals surface area (Å²) in [6, 6.07) is -1.40. The molecule has 3 aliphatic heterocycles. The Balaban J connectivity index is 1.98. The third-order valence-corrected chi connectivity index (χ3v) is 7.23. The Hall–Kier alpha value is -1.67. The standard InChI is InChI=1S/C22H36N2O6/c1-5-8-9-12-23-18(26)17-22-11-10-21(6-2,30-22)16(20(28)29-7-3)15(22)19(27)24(17)14(4)13-25/h14-17,25H,5-13H2,1-4H3,(H,23,26)/t14-,15+,16-,17?,21+,22?/m1/s1. The number of aliphatic hydroxyl groups is 1. The van der Waals surface area contributed by atoms with Gasteiger partial charge in [-0.05, 0) is 39.5 Å². The lowest BCUT2D eigenvalue weighted by Gasteiger charge is -2.36. The number of carbonyl (C=O) groups is 3. The number of fused-ring (bicyclic) bond motifs is 1. The number of rotatable bonds is 10. The highest BCUT2D eigenvalue weighted by Crippen LogP contribution is 2.64. The van der Waals surface area contributed by atoms with E-state index < -0.39 is 41.1 Å².